The lowest BCUT2D eigenvalue weighted by molar-refractivity contribution is 0.414. The molecule has 0 radical (unpaired) electrons. The third-order valence-electron chi connectivity index (χ3n) is 3.45. The van der Waals surface area contributed by atoms with Crippen molar-refractivity contribution < 1.29 is 9.13 Å². The number of nitrogens with two attached hydrogens (primary N) is 2. The summed E-state index contributed by atoms with van der Waals surface area (Å²) in [6.45, 7) is 12.0. The molecule has 2 aromatic rings. The number of rotatable bonds is 1. The summed E-state index contributed by atoms with van der Waals surface area (Å²) < 4.78 is 18.2. The summed E-state index contributed by atoms with van der Waals surface area (Å²) in [5.41, 5.74) is 12.3. The number of nitrogen functional groups attached to an aromatic ring is 2. The minimum absolute atomic E-state index is 0.0282. The van der Waals surface area contributed by atoms with E-state index in [-0.39, 0.29) is 16.6 Å². The molecule has 0 atom stereocenters. The molecule has 0 saturated heterocycles. The summed E-state index contributed by atoms with van der Waals surface area (Å²) in [6, 6.07) is 6.60. The highest BCUT2D eigenvalue weighted by Crippen LogP contribution is 2.25. The largest absolute Gasteiger partial charge is 0.493 e. The van der Waals surface area contributed by atoms with E-state index in [1.54, 1.807) is 7.11 Å². The van der Waals surface area contributed by atoms with Crippen LogP contribution >= 0.6 is 0 Å². The first-order chi connectivity index (χ1) is 11.4. The van der Waals surface area contributed by atoms with E-state index < -0.39 is 0 Å². The second kappa shape index (κ2) is 7.68. The van der Waals surface area contributed by atoms with Gasteiger partial charge in [-0.2, -0.15) is 0 Å². The van der Waals surface area contributed by atoms with Gasteiger partial charge in [-0.15, -0.1) is 0 Å². The zero-order chi connectivity index (χ0) is 19.4. The minimum Gasteiger partial charge on any atom is -0.493 e. The average molecular weight is 348 g/mol. The van der Waals surface area contributed by atoms with E-state index in [9.17, 15) is 4.39 Å². The first-order valence-corrected chi connectivity index (χ1v) is 8.09. The molecule has 6 heteroatoms. The Labute approximate surface area is 149 Å². The van der Waals surface area contributed by atoms with Crippen LogP contribution in [0.25, 0.3) is 0 Å². The fourth-order valence-corrected chi connectivity index (χ4v) is 2.04. The molecular weight excluding hydrogens is 319 g/mol. The summed E-state index contributed by atoms with van der Waals surface area (Å²) in [5, 5.41) is 0. The van der Waals surface area contributed by atoms with Crippen LogP contribution in [-0.2, 0) is 10.8 Å². The SMILES string of the molecule is CC(C)(C)c1nc(N)ccc1F.COc1ccc(C(C)(C)C)nc1N. The zero-order valence-corrected chi connectivity index (χ0v) is 16.1. The van der Waals surface area contributed by atoms with Gasteiger partial charge in [-0.1, -0.05) is 41.5 Å². The van der Waals surface area contributed by atoms with E-state index in [1.165, 1.54) is 12.1 Å². The second-order valence-corrected chi connectivity index (χ2v) is 7.85. The molecule has 5 nitrogen and oxygen atoms in total. The quantitative estimate of drug-likeness (QED) is 0.811. The number of ether oxygens (including phenoxy) is 1. The van der Waals surface area contributed by atoms with Crippen LogP contribution in [0.2, 0.25) is 0 Å². The number of hydrogen-bond donors (Lipinski definition) is 2. The van der Waals surface area contributed by atoms with E-state index in [4.69, 9.17) is 16.2 Å². The van der Waals surface area contributed by atoms with Crippen molar-refractivity contribution >= 4 is 11.6 Å². The molecule has 0 bridgehead atoms. The van der Waals surface area contributed by atoms with Gasteiger partial charge in [0.2, 0.25) is 0 Å². The van der Waals surface area contributed by atoms with Gasteiger partial charge in [0.05, 0.1) is 12.8 Å². The Morgan fingerprint density at radius 1 is 0.880 bits per heavy atom. The summed E-state index contributed by atoms with van der Waals surface area (Å²) >= 11 is 0. The fourth-order valence-electron chi connectivity index (χ4n) is 2.04. The molecule has 2 rings (SSSR count). The molecule has 4 N–H and O–H groups in total. The van der Waals surface area contributed by atoms with Gasteiger partial charge in [0.25, 0.3) is 0 Å². The summed E-state index contributed by atoms with van der Waals surface area (Å²) in [5.74, 6) is 1.15. The van der Waals surface area contributed by atoms with Crippen molar-refractivity contribution in [3.63, 3.8) is 0 Å². The maximum absolute atomic E-state index is 13.1. The molecule has 0 aromatic carbocycles. The molecule has 0 unspecified atom stereocenters. The topological polar surface area (TPSA) is 87.0 Å². The molecule has 138 valence electrons. The van der Waals surface area contributed by atoms with Crippen LogP contribution in [0.3, 0.4) is 0 Å². The van der Waals surface area contributed by atoms with Crippen LogP contribution in [0.4, 0.5) is 16.0 Å². The number of halogens is 1. The summed E-state index contributed by atoms with van der Waals surface area (Å²) in [4.78, 5) is 8.21. The smallest absolute Gasteiger partial charge is 0.166 e. The van der Waals surface area contributed by atoms with Crippen molar-refractivity contribution in [1.82, 2.24) is 9.97 Å². The first kappa shape index (κ1) is 20.7. The third kappa shape index (κ3) is 5.89. The van der Waals surface area contributed by atoms with Crippen molar-refractivity contribution in [2.75, 3.05) is 18.6 Å². The molecule has 2 heterocycles. The van der Waals surface area contributed by atoms with Gasteiger partial charge in [-0.05, 0) is 24.3 Å². The van der Waals surface area contributed by atoms with Gasteiger partial charge < -0.3 is 16.2 Å². The van der Waals surface area contributed by atoms with E-state index in [0.717, 1.165) is 5.69 Å². The van der Waals surface area contributed by atoms with Gasteiger partial charge in [-0.25, -0.2) is 14.4 Å². The number of hydrogen-bond acceptors (Lipinski definition) is 5. The van der Waals surface area contributed by atoms with Crippen LogP contribution in [-0.4, -0.2) is 17.1 Å². The zero-order valence-electron chi connectivity index (χ0n) is 16.1. The highest BCUT2D eigenvalue weighted by Gasteiger charge is 2.20. The molecule has 0 aliphatic heterocycles. The van der Waals surface area contributed by atoms with E-state index in [1.807, 2.05) is 32.9 Å². The van der Waals surface area contributed by atoms with Crippen LogP contribution in [0.1, 0.15) is 52.9 Å². The van der Waals surface area contributed by atoms with Crippen LogP contribution in [0.5, 0.6) is 5.75 Å². The van der Waals surface area contributed by atoms with Crippen LogP contribution in [0.15, 0.2) is 24.3 Å². The Hall–Kier alpha value is -2.37. The Kier molecular flexibility index (Phi) is 6.35. The molecular formula is C19H29FN4O. The highest BCUT2D eigenvalue weighted by atomic mass is 19.1. The Bertz CT molecular complexity index is 718. The number of aromatic nitrogens is 2. The van der Waals surface area contributed by atoms with E-state index in [0.29, 0.717) is 23.1 Å². The van der Waals surface area contributed by atoms with Crippen molar-refractivity contribution in [2.24, 2.45) is 0 Å². The van der Waals surface area contributed by atoms with Crippen LogP contribution in [0, 0.1) is 5.82 Å². The van der Waals surface area contributed by atoms with Gasteiger partial charge >= 0.3 is 0 Å². The Morgan fingerprint density at radius 2 is 1.48 bits per heavy atom. The maximum Gasteiger partial charge on any atom is 0.166 e. The lowest BCUT2D eigenvalue weighted by atomic mass is 9.91. The standard InChI is InChI=1S/C10H16N2O.C9H13FN2/c1-10(2,3)8-6-5-7(13-4)9(11)12-8;1-9(2,3)8-6(10)4-5-7(11)12-8/h5-6H,1-4H3,(H2,11,12);4-5H,1-3H3,(H2,11,12). The minimum atomic E-state index is -0.295. The van der Waals surface area contributed by atoms with Crippen molar-refractivity contribution in [3.8, 4) is 5.75 Å². The Morgan fingerprint density at radius 3 is 1.88 bits per heavy atom. The molecule has 0 fully saturated rings. The maximum atomic E-state index is 13.1. The van der Waals surface area contributed by atoms with Crippen molar-refractivity contribution in [3.05, 3.63) is 41.5 Å². The van der Waals surface area contributed by atoms with E-state index >= 15 is 0 Å². The predicted octanol–water partition coefficient (Wildman–Crippen LogP) is 4.07. The third-order valence-corrected chi connectivity index (χ3v) is 3.45. The lowest BCUT2D eigenvalue weighted by Crippen LogP contribution is -2.16. The fraction of sp³-hybridized carbons (Fsp3) is 0.474. The molecule has 0 aliphatic rings. The lowest BCUT2D eigenvalue weighted by Gasteiger charge is -2.18. The Balaban J connectivity index is 0.000000251. The predicted molar refractivity (Wildman–Crippen MR) is 101 cm³/mol. The molecule has 2 aromatic heterocycles. The van der Waals surface area contributed by atoms with Gasteiger partial charge in [0.1, 0.15) is 11.6 Å². The number of pyridine rings is 2. The molecule has 0 spiro atoms. The number of anilines is 2. The van der Waals surface area contributed by atoms with Gasteiger partial charge in [0.15, 0.2) is 11.6 Å². The molecule has 0 amide bonds. The molecule has 0 aliphatic carbocycles. The highest BCUT2D eigenvalue weighted by molar-refractivity contribution is 5.47. The van der Waals surface area contributed by atoms with Gasteiger partial charge in [-0.3, -0.25) is 0 Å². The second-order valence-electron chi connectivity index (χ2n) is 7.85. The average Bonchev–Trinajstić information content (AvgIpc) is 2.48. The monoisotopic (exact) mass is 348 g/mol. The van der Waals surface area contributed by atoms with Gasteiger partial charge in [0, 0.05) is 16.5 Å². The van der Waals surface area contributed by atoms with Crippen molar-refractivity contribution in [1.29, 1.82) is 0 Å². The summed E-state index contributed by atoms with van der Waals surface area (Å²) in [6.07, 6.45) is 0. The first-order valence-electron chi connectivity index (χ1n) is 8.09. The summed E-state index contributed by atoms with van der Waals surface area (Å²) in [7, 11) is 1.59. The molecule has 0 saturated carbocycles. The molecule has 25 heavy (non-hydrogen) atoms. The van der Waals surface area contributed by atoms with E-state index in [2.05, 4.69) is 30.7 Å². The number of nitrogens with zero attached hydrogens (tertiary/aromatic N) is 2. The normalized spacial score (nSPS) is 11.5. The number of methoxy groups -OCH3 is 1. The van der Waals surface area contributed by atoms with Crippen molar-refractivity contribution in [2.45, 2.75) is 52.4 Å². The van der Waals surface area contributed by atoms with Crippen LogP contribution < -0.4 is 16.2 Å².